The molecule has 0 aliphatic carbocycles. The number of carbonyl (C=O) groups excluding carboxylic acids is 1. The van der Waals surface area contributed by atoms with Crippen LogP contribution in [0.25, 0.3) is 0 Å². The van der Waals surface area contributed by atoms with Crippen LogP contribution in [0.4, 0.5) is 5.82 Å². The highest BCUT2D eigenvalue weighted by atomic mass is 35.5. The van der Waals surface area contributed by atoms with Crippen molar-refractivity contribution in [1.29, 1.82) is 0 Å². The van der Waals surface area contributed by atoms with Crippen LogP contribution in [-0.2, 0) is 4.79 Å². The van der Waals surface area contributed by atoms with Gasteiger partial charge in [0.2, 0.25) is 5.91 Å². The van der Waals surface area contributed by atoms with Crippen molar-refractivity contribution in [2.75, 3.05) is 5.32 Å². The monoisotopic (exact) mass is 271 g/mol. The topological polar surface area (TPSA) is 68.0 Å². The third-order valence-corrected chi connectivity index (χ3v) is 2.71. The summed E-state index contributed by atoms with van der Waals surface area (Å²) in [4.78, 5) is 16.1. The van der Waals surface area contributed by atoms with Crippen molar-refractivity contribution in [1.82, 2.24) is 4.98 Å². The predicted molar refractivity (Wildman–Crippen MR) is 73.0 cm³/mol. The Morgan fingerprint density at radius 1 is 1.53 bits per heavy atom. The van der Waals surface area contributed by atoms with Crippen molar-refractivity contribution in [3.8, 4) is 0 Å². The average Bonchev–Trinajstić information content (AvgIpc) is 2.20. The summed E-state index contributed by atoms with van der Waals surface area (Å²) in [7, 11) is 0. The van der Waals surface area contributed by atoms with Crippen LogP contribution in [0.5, 0.6) is 0 Å². The van der Waals surface area contributed by atoms with Gasteiger partial charge in [-0.3, -0.25) is 4.79 Å². The van der Waals surface area contributed by atoms with Gasteiger partial charge in [-0.1, -0.05) is 37.7 Å². The third kappa shape index (κ3) is 3.94. The molecule has 1 rings (SSSR count). The molecule has 0 saturated carbocycles. The molecule has 0 radical (unpaired) electrons. The fourth-order valence-corrected chi connectivity index (χ4v) is 1.91. The highest BCUT2D eigenvalue weighted by Gasteiger charge is 2.25. The van der Waals surface area contributed by atoms with E-state index in [9.17, 15) is 4.79 Å². The normalized spacial score (nSPS) is 12.2. The molecule has 0 fully saturated rings. The second kappa shape index (κ2) is 5.93. The number of thiocarbonyl (C=S) groups is 1. The fraction of sp³-hybridized carbons (Fsp3) is 0.364. The molecule has 1 aromatic rings. The SMILES string of the molecule is CC(C)C(C(=O)Nc1ccc(Cl)cn1)C(N)=S. The largest absolute Gasteiger partial charge is 0.393 e. The lowest BCUT2D eigenvalue weighted by Gasteiger charge is -2.18. The average molecular weight is 272 g/mol. The molecule has 1 atom stereocenters. The molecular weight excluding hydrogens is 258 g/mol. The minimum absolute atomic E-state index is 0.0415. The maximum Gasteiger partial charge on any atom is 0.235 e. The number of nitrogens with two attached hydrogens (primary N) is 1. The number of aromatic nitrogens is 1. The smallest absolute Gasteiger partial charge is 0.235 e. The standard InChI is InChI=1S/C11H14ClN3OS/c1-6(2)9(10(13)17)11(16)15-8-4-3-7(12)5-14-8/h3-6,9H,1-2H3,(H2,13,17)(H,14,15,16). The summed E-state index contributed by atoms with van der Waals surface area (Å²) in [5.74, 6) is -0.272. The Morgan fingerprint density at radius 3 is 2.59 bits per heavy atom. The van der Waals surface area contributed by atoms with E-state index in [2.05, 4.69) is 10.3 Å². The summed E-state index contributed by atoms with van der Waals surface area (Å²) in [5, 5.41) is 3.17. The highest BCUT2D eigenvalue weighted by molar-refractivity contribution is 7.80. The summed E-state index contributed by atoms with van der Waals surface area (Å²) in [5.41, 5.74) is 5.55. The number of pyridine rings is 1. The Morgan fingerprint density at radius 2 is 2.18 bits per heavy atom. The van der Waals surface area contributed by atoms with Crippen molar-refractivity contribution < 1.29 is 4.79 Å². The van der Waals surface area contributed by atoms with Gasteiger partial charge >= 0.3 is 0 Å². The van der Waals surface area contributed by atoms with E-state index < -0.39 is 5.92 Å². The number of carbonyl (C=O) groups is 1. The first-order valence-electron chi connectivity index (χ1n) is 5.13. The van der Waals surface area contributed by atoms with Crippen molar-refractivity contribution in [3.63, 3.8) is 0 Å². The molecule has 0 spiro atoms. The van der Waals surface area contributed by atoms with Crippen LogP contribution < -0.4 is 11.1 Å². The van der Waals surface area contributed by atoms with Crippen molar-refractivity contribution >= 4 is 40.5 Å². The van der Waals surface area contributed by atoms with E-state index in [0.29, 0.717) is 10.8 Å². The Bertz CT molecular complexity index is 419. The molecule has 17 heavy (non-hydrogen) atoms. The number of anilines is 1. The molecule has 1 heterocycles. The maximum absolute atomic E-state index is 11.9. The Kier molecular flexibility index (Phi) is 4.84. The van der Waals surface area contributed by atoms with E-state index in [0.717, 1.165) is 0 Å². The minimum atomic E-state index is -0.498. The van der Waals surface area contributed by atoms with Crippen LogP contribution in [-0.4, -0.2) is 15.9 Å². The molecule has 0 bridgehead atoms. The van der Waals surface area contributed by atoms with Crippen molar-refractivity contribution in [2.24, 2.45) is 17.6 Å². The van der Waals surface area contributed by atoms with Gasteiger partial charge in [-0.25, -0.2) is 4.98 Å². The van der Waals surface area contributed by atoms with E-state index in [1.165, 1.54) is 6.20 Å². The molecular formula is C11H14ClN3OS. The van der Waals surface area contributed by atoms with Gasteiger partial charge in [-0.15, -0.1) is 0 Å². The lowest BCUT2D eigenvalue weighted by Crippen LogP contribution is -2.36. The molecule has 6 heteroatoms. The fourth-order valence-electron chi connectivity index (χ4n) is 1.41. The third-order valence-electron chi connectivity index (χ3n) is 2.23. The number of halogens is 1. The molecule has 4 nitrogen and oxygen atoms in total. The first-order valence-corrected chi connectivity index (χ1v) is 5.92. The van der Waals surface area contributed by atoms with E-state index in [1.54, 1.807) is 12.1 Å². The first kappa shape index (κ1) is 13.9. The molecule has 1 unspecified atom stereocenters. The Balaban J connectivity index is 2.77. The van der Waals surface area contributed by atoms with Crippen molar-refractivity contribution in [2.45, 2.75) is 13.8 Å². The summed E-state index contributed by atoms with van der Waals surface area (Å²) in [6.45, 7) is 3.78. The number of amides is 1. The first-order chi connectivity index (χ1) is 7.91. The van der Waals surface area contributed by atoms with Gasteiger partial charge < -0.3 is 11.1 Å². The van der Waals surface area contributed by atoms with Crippen LogP contribution in [0.3, 0.4) is 0 Å². The molecule has 0 saturated heterocycles. The Labute approximate surface area is 111 Å². The van der Waals surface area contributed by atoms with Gasteiger partial charge in [0, 0.05) is 6.20 Å². The molecule has 1 amide bonds. The summed E-state index contributed by atoms with van der Waals surface area (Å²) in [6, 6.07) is 3.27. The summed E-state index contributed by atoms with van der Waals surface area (Å²) < 4.78 is 0. The quantitative estimate of drug-likeness (QED) is 0.824. The molecule has 0 aromatic carbocycles. The highest BCUT2D eigenvalue weighted by Crippen LogP contribution is 2.15. The van der Waals surface area contributed by atoms with E-state index in [4.69, 9.17) is 29.6 Å². The van der Waals surface area contributed by atoms with Gasteiger partial charge in [-0.2, -0.15) is 0 Å². The van der Waals surface area contributed by atoms with E-state index in [1.807, 2.05) is 13.8 Å². The number of nitrogens with one attached hydrogen (secondary N) is 1. The lowest BCUT2D eigenvalue weighted by atomic mass is 9.95. The van der Waals surface area contributed by atoms with Gasteiger partial charge in [0.05, 0.1) is 15.9 Å². The zero-order valence-corrected chi connectivity index (χ0v) is 11.2. The zero-order chi connectivity index (χ0) is 13.0. The number of hydrogen-bond donors (Lipinski definition) is 2. The van der Waals surface area contributed by atoms with Crippen LogP contribution in [0.1, 0.15) is 13.8 Å². The van der Waals surface area contributed by atoms with E-state index >= 15 is 0 Å². The van der Waals surface area contributed by atoms with Gasteiger partial charge in [0.25, 0.3) is 0 Å². The zero-order valence-electron chi connectivity index (χ0n) is 9.61. The molecule has 0 aliphatic heterocycles. The second-order valence-electron chi connectivity index (χ2n) is 3.97. The van der Waals surface area contributed by atoms with Gasteiger partial charge in [0.1, 0.15) is 5.82 Å². The number of rotatable bonds is 4. The van der Waals surface area contributed by atoms with E-state index in [-0.39, 0.29) is 16.8 Å². The van der Waals surface area contributed by atoms with Gasteiger partial charge in [-0.05, 0) is 18.1 Å². The maximum atomic E-state index is 11.9. The summed E-state index contributed by atoms with van der Waals surface area (Å²) in [6.07, 6.45) is 1.46. The molecule has 3 N–H and O–H groups in total. The predicted octanol–water partition coefficient (Wildman–Crippen LogP) is 2.23. The Hall–Kier alpha value is -1.20. The summed E-state index contributed by atoms with van der Waals surface area (Å²) >= 11 is 10.6. The minimum Gasteiger partial charge on any atom is -0.393 e. The van der Waals surface area contributed by atoms with Crippen LogP contribution in [0.2, 0.25) is 5.02 Å². The number of hydrogen-bond acceptors (Lipinski definition) is 3. The number of nitrogens with zero attached hydrogens (tertiary/aromatic N) is 1. The molecule has 1 aromatic heterocycles. The lowest BCUT2D eigenvalue weighted by molar-refractivity contribution is -0.118. The van der Waals surface area contributed by atoms with Crippen LogP contribution in [0, 0.1) is 11.8 Å². The van der Waals surface area contributed by atoms with Crippen LogP contribution >= 0.6 is 23.8 Å². The van der Waals surface area contributed by atoms with Crippen molar-refractivity contribution in [3.05, 3.63) is 23.4 Å². The van der Waals surface area contributed by atoms with Crippen LogP contribution in [0.15, 0.2) is 18.3 Å². The van der Waals surface area contributed by atoms with Gasteiger partial charge in [0.15, 0.2) is 0 Å². The second-order valence-corrected chi connectivity index (χ2v) is 4.88. The molecule has 0 aliphatic rings. The molecule has 92 valence electrons.